The van der Waals surface area contributed by atoms with Gasteiger partial charge >= 0.3 is 0 Å². The summed E-state index contributed by atoms with van der Waals surface area (Å²) >= 11 is 5.86. The third-order valence-electron chi connectivity index (χ3n) is 3.09. The highest BCUT2D eigenvalue weighted by Crippen LogP contribution is 2.27. The summed E-state index contributed by atoms with van der Waals surface area (Å²) < 4.78 is 5.93. The Balaban J connectivity index is 2.28. The second kappa shape index (κ2) is 6.07. The molecule has 0 radical (unpaired) electrons. The Labute approximate surface area is 119 Å². The molecule has 0 amide bonds. The zero-order valence-electron chi connectivity index (χ0n) is 11.5. The molecule has 0 spiro atoms. The number of hydrogen-bond donors (Lipinski definition) is 0. The van der Waals surface area contributed by atoms with Gasteiger partial charge < -0.3 is 4.74 Å². The van der Waals surface area contributed by atoms with E-state index in [4.69, 9.17) is 16.3 Å². The highest BCUT2D eigenvalue weighted by atomic mass is 35.5. The fourth-order valence-electron chi connectivity index (χ4n) is 1.95. The number of ether oxygens (including phenoxy) is 1. The van der Waals surface area contributed by atoms with Crippen molar-refractivity contribution in [1.82, 2.24) is 4.98 Å². The Hall–Kier alpha value is -1.54. The summed E-state index contributed by atoms with van der Waals surface area (Å²) in [6.45, 7) is 6.11. The molecule has 1 aromatic carbocycles. The van der Waals surface area contributed by atoms with Gasteiger partial charge in [-0.05, 0) is 55.7 Å². The van der Waals surface area contributed by atoms with E-state index in [1.54, 1.807) is 0 Å². The van der Waals surface area contributed by atoms with E-state index >= 15 is 0 Å². The lowest BCUT2D eigenvalue weighted by Crippen LogP contribution is -1.96. The van der Waals surface area contributed by atoms with Crippen LogP contribution in [0.15, 0.2) is 30.3 Å². The summed E-state index contributed by atoms with van der Waals surface area (Å²) in [5, 5.41) is 0. The first-order chi connectivity index (χ1) is 9.13. The number of pyridine rings is 1. The first-order valence-corrected chi connectivity index (χ1v) is 6.97. The number of halogens is 1. The van der Waals surface area contributed by atoms with Crippen molar-refractivity contribution in [3.63, 3.8) is 0 Å². The Kier molecular flexibility index (Phi) is 4.43. The van der Waals surface area contributed by atoms with Crippen molar-refractivity contribution >= 4 is 11.6 Å². The third-order valence-corrected chi connectivity index (χ3v) is 3.38. The second-order valence-electron chi connectivity index (χ2n) is 4.57. The predicted octanol–water partition coefficient (Wildman–Crippen LogP) is 4.79. The summed E-state index contributed by atoms with van der Waals surface area (Å²) in [5.74, 6) is 2.18. The molecule has 1 aromatic heterocycles. The average Bonchev–Trinajstić information content (AvgIpc) is 2.41. The molecule has 0 aliphatic carbocycles. The SMILES string of the molecule is CCc1nc(C)ccc1Oc1ccc(CCl)c(C)c1. The monoisotopic (exact) mass is 275 g/mol. The van der Waals surface area contributed by atoms with Crippen LogP contribution in [-0.2, 0) is 12.3 Å². The first kappa shape index (κ1) is 13.9. The van der Waals surface area contributed by atoms with Crippen LogP contribution in [0.4, 0.5) is 0 Å². The molecule has 2 aromatic rings. The molecular formula is C16H18ClNO. The maximum absolute atomic E-state index is 5.93. The predicted molar refractivity (Wildman–Crippen MR) is 79.2 cm³/mol. The van der Waals surface area contributed by atoms with E-state index in [0.717, 1.165) is 40.4 Å². The molecule has 3 heteroatoms. The number of alkyl halides is 1. The molecular weight excluding hydrogens is 258 g/mol. The third kappa shape index (κ3) is 3.27. The van der Waals surface area contributed by atoms with Crippen LogP contribution < -0.4 is 4.74 Å². The second-order valence-corrected chi connectivity index (χ2v) is 4.84. The lowest BCUT2D eigenvalue weighted by atomic mass is 10.1. The fourth-order valence-corrected chi connectivity index (χ4v) is 2.25. The molecule has 0 aliphatic heterocycles. The van der Waals surface area contributed by atoms with E-state index in [1.165, 1.54) is 0 Å². The molecule has 2 rings (SSSR count). The number of nitrogens with zero attached hydrogens (tertiary/aromatic N) is 1. The van der Waals surface area contributed by atoms with E-state index in [0.29, 0.717) is 5.88 Å². The van der Waals surface area contributed by atoms with Gasteiger partial charge in [-0.1, -0.05) is 13.0 Å². The Bertz CT molecular complexity index is 581. The van der Waals surface area contributed by atoms with Gasteiger partial charge in [-0.3, -0.25) is 4.98 Å². The molecule has 19 heavy (non-hydrogen) atoms. The Morgan fingerprint density at radius 2 is 1.95 bits per heavy atom. The first-order valence-electron chi connectivity index (χ1n) is 6.44. The largest absolute Gasteiger partial charge is 0.455 e. The zero-order chi connectivity index (χ0) is 13.8. The summed E-state index contributed by atoms with van der Waals surface area (Å²) in [5.41, 5.74) is 4.27. The van der Waals surface area contributed by atoms with Crippen LogP contribution in [0.25, 0.3) is 0 Å². The lowest BCUT2D eigenvalue weighted by molar-refractivity contribution is 0.472. The van der Waals surface area contributed by atoms with Crippen LogP contribution in [0.5, 0.6) is 11.5 Å². The molecule has 0 saturated carbocycles. The average molecular weight is 276 g/mol. The Morgan fingerprint density at radius 3 is 2.58 bits per heavy atom. The maximum atomic E-state index is 5.93. The topological polar surface area (TPSA) is 22.1 Å². The molecule has 100 valence electrons. The van der Waals surface area contributed by atoms with Crippen molar-refractivity contribution in [1.29, 1.82) is 0 Å². The van der Waals surface area contributed by atoms with Crippen LogP contribution >= 0.6 is 11.6 Å². The molecule has 0 aliphatic rings. The van der Waals surface area contributed by atoms with Gasteiger partial charge in [0, 0.05) is 11.6 Å². The normalized spacial score (nSPS) is 10.5. The van der Waals surface area contributed by atoms with Gasteiger partial charge in [-0.2, -0.15) is 0 Å². The van der Waals surface area contributed by atoms with Gasteiger partial charge in [-0.25, -0.2) is 0 Å². The summed E-state index contributed by atoms with van der Waals surface area (Å²) in [4.78, 5) is 4.50. The van der Waals surface area contributed by atoms with E-state index in [2.05, 4.69) is 11.9 Å². The molecule has 1 heterocycles. The molecule has 0 N–H and O–H groups in total. The number of benzene rings is 1. The van der Waals surface area contributed by atoms with E-state index in [9.17, 15) is 0 Å². The van der Waals surface area contributed by atoms with Crippen LogP contribution in [0.2, 0.25) is 0 Å². The number of aryl methyl sites for hydroxylation is 3. The summed E-state index contributed by atoms with van der Waals surface area (Å²) in [6.07, 6.45) is 0.857. The van der Waals surface area contributed by atoms with Gasteiger partial charge in [0.25, 0.3) is 0 Å². The zero-order valence-corrected chi connectivity index (χ0v) is 12.3. The molecule has 0 atom stereocenters. The molecule has 2 nitrogen and oxygen atoms in total. The molecule has 0 bridgehead atoms. The number of rotatable bonds is 4. The fraction of sp³-hybridized carbons (Fsp3) is 0.312. The van der Waals surface area contributed by atoms with Crippen LogP contribution in [-0.4, -0.2) is 4.98 Å². The standard InChI is InChI=1S/C16H18ClNO/c1-4-15-16(8-5-12(3)18-15)19-14-7-6-13(10-17)11(2)9-14/h5-9H,4,10H2,1-3H3. The van der Waals surface area contributed by atoms with Crippen molar-refractivity contribution in [2.75, 3.05) is 0 Å². The van der Waals surface area contributed by atoms with E-state index < -0.39 is 0 Å². The minimum absolute atomic E-state index is 0.526. The Morgan fingerprint density at radius 1 is 1.16 bits per heavy atom. The quantitative estimate of drug-likeness (QED) is 0.748. The minimum atomic E-state index is 0.526. The van der Waals surface area contributed by atoms with Crippen molar-refractivity contribution in [2.24, 2.45) is 0 Å². The summed E-state index contributed by atoms with van der Waals surface area (Å²) in [6, 6.07) is 9.91. The van der Waals surface area contributed by atoms with Gasteiger partial charge in [-0.15, -0.1) is 11.6 Å². The van der Waals surface area contributed by atoms with Gasteiger partial charge in [0.1, 0.15) is 11.5 Å². The smallest absolute Gasteiger partial charge is 0.148 e. The van der Waals surface area contributed by atoms with E-state index in [1.807, 2.05) is 44.2 Å². The highest BCUT2D eigenvalue weighted by Gasteiger charge is 2.06. The van der Waals surface area contributed by atoms with E-state index in [-0.39, 0.29) is 0 Å². The van der Waals surface area contributed by atoms with Crippen molar-refractivity contribution in [3.8, 4) is 11.5 Å². The van der Waals surface area contributed by atoms with Gasteiger partial charge in [0.15, 0.2) is 0 Å². The maximum Gasteiger partial charge on any atom is 0.148 e. The number of hydrogen-bond acceptors (Lipinski definition) is 2. The van der Waals surface area contributed by atoms with Crippen LogP contribution in [0.3, 0.4) is 0 Å². The molecule has 0 saturated heterocycles. The summed E-state index contributed by atoms with van der Waals surface area (Å²) in [7, 11) is 0. The van der Waals surface area contributed by atoms with Crippen LogP contribution in [0.1, 0.15) is 29.4 Å². The van der Waals surface area contributed by atoms with Crippen molar-refractivity contribution in [2.45, 2.75) is 33.1 Å². The molecule has 0 fully saturated rings. The lowest BCUT2D eigenvalue weighted by Gasteiger charge is -2.11. The highest BCUT2D eigenvalue weighted by molar-refractivity contribution is 6.17. The molecule has 0 unspecified atom stereocenters. The van der Waals surface area contributed by atoms with Crippen LogP contribution in [0, 0.1) is 13.8 Å². The van der Waals surface area contributed by atoms with Crippen molar-refractivity contribution in [3.05, 3.63) is 52.8 Å². The minimum Gasteiger partial charge on any atom is -0.455 e. The van der Waals surface area contributed by atoms with Crippen molar-refractivity contribution < 1.29 is 4.74 Å². The van der Waals surface area contributed by atoms with Gasteiger partial charge in [0.05, 0.1) is 5.69 Å². The number of aromatic nitrogens is 1. The van der Waals surface area contributed by atoms with Gasteiger partial charge in [0.2, 0.25) is 0 Å².